The molecule has 8 heavy (non-hydrogen) atoms. The number of hydrogen-bond acceptors (Lipinski definition) is 2. The third-order valence-corrected chi connectivity index (χ3v) is 0.795. The lowest BCUT2D eigenvalue weighted by molar-refractivity contribution is -0.118. The van der Waals surface area contributed by atoms with E-state index in [4.69, 9.17) is 5.73 Å². The van der Waals surface area contributed by atoms with Crippen molar-refractivity contribution in [2.24, 2.45) is 5.73 Å². The van der Waals surface area contributed by atoms with Gasteiger partial charge in [-0.2, -0.15) is 0 Å². The summed E-state index contributed by atoms with van der Waals surface area (Å²) >= 11 is 0. The minimum absolute atomic E-state index is 0.169. The summed E-state index contributed by atoms with van der Waals surface area (Å²) in [4.78, 5) is 10.5. The summed E-state index contributed by atoms with van der Waals surface area (Å²) in [6.45, 7) is 3.87. The van der Waals surface area contributed by atoms with Crippen LogP contribution >= 0.6 is 0 Å². The number of Topliss-reactive ketones (excluding diaryl/α,β-unsaturated/α-hetero) is 1. The van der Waals surface area contributed by atoms with Gasteiger partial charge in [0, 0.05) is 12.8 Å². The van der Waals surface area contributed by atoms with Gasteiger partial charge in [-0.1, -0.05) is 6.08 Å². The topological polar surface area (TPSA) is 43.1 Å². The Hall–Kier alpha value is -0.630. The normalized spacial score (nSPS) is 8.62. The Morgan fingerprint density at radius 3 is 2.75 bits per heavy atom. The van der Waals surface area contributed by atoms with Crippen molar-refractivity contribution in [3.63, 3.8) is 0 Å². The van der Waals surface area contributed by atoms with Gasteiger partial charge in [0.25, 0.3) is 0 Å². The average molecular weight is 113 g/mol. The molecule has 0 saturated heterocycles. The van der Waals surface area contributed by atoms with Crippen molar-refractivity contribution in [2.45, 2.75) is 12.8 Å². The lowest BCUT2D eigenvalue weighted by atomic mass is 10.2. The molecule has 0 spiro atoms. The minimum atomic E-state index is 0.169. The van der Waals surface area contributed by atoms with Crippen molar-refractivity contribution in [2.75, 3.05) is 6.54 Å². The summed E-state index contributed by atoms with van der Waals surface area (Å²) in [5.74, 6) is 0.169. The van der Waals surface area contributed by atoms with E-state index in [0.717, 1.165) is 0 Å². The quantitative estimate of drug-likeness (QED) is 0.539. The van der Waals surface area contributed by atoms with Gasteiger partial charge in [0.05, 0.1) is 0 Å². The molecule has 0 aliphatic rings. The molecule has 0 heterocycles. The summed E-state index contributed by atoms with van der Waals surface area (Å²) < 4.78 is 0. The molecule has 0 aromatic carbocycles. The molecule has 0 fully saturated rings. The molecular weight excluding hydrogens is 102 g/mol. The van der Waals surface area contributed by atoms with Crippen LogP contribution in [0, 0.1) is 0 Å². The van der Waals surface area contributed by atoms with Gasteiger partial charge < -0.3 is 5.73 Å². The van der Waals surface area contributed by atoms with Crippen LogP contribution in [0.15, 0.2) is 12.7 Å². The van der Waals surface area contributed by atoms with Crippen LogP contribution in [-0.4, -0.2) is 12.3 Å². The van der Waals surface area contributed by atoms with E-state index in [-0.39, 0.29) is 5.78 Å². The Morgan fingerprint density at radius 2 is 2.38 bits per heavy atom. The van der Waals surface area contributed by atoms with Crippen LogP contribution in [0.3, 0.4) is 0 Å². The number of hydrogen-bond donors (Lipinski definition) is 1. The van der Waals surface area contributed by atoms with E-state index in [1.165, 1.54) is 0 Å². The van der Waals surface area contributed by atoms with Crippen LogP contribution < -0.4 is 5.73 Å². The number of allylic oxidation sites excluding steroid dienone is 1. The van der Waals surface area contributed by atoms with Gasteiger partial charge in [-0.15, -0.1) is 6.58 Å². The number of ketones is 1. The number of nitrogens with two attached hydrogens (primary N) is 1. The van der Waals surface area contributed by atoms with Crippen molar-refractivity contribution in [3.05, 3.63) is 12.7 Å². The average Bonchev–Trinajstić information content (AvgIpc) is 1.68. The third-order valence-electron chi connectivity index (χ3n) is 0.795. The highest BCUT2D eigenvalue weighted by Crippen LogP contribution is 1.86. The van der Waals surface area contributed by atoms with Gasteiger partial charge in [-0.05, 0) is 6.54 Å². The molecule has 0 atom stereocenters. The third kappa shape index (κ3) is 3.56. The summed E-state index contributed by atoms with van der Waals surface area (Å²) in [5, 5.41) is 0. The fourth-order valence-corrected chi connectivity index (χ4v) is 0.424. The Kier molecular flexibility index (Phi) is 4.17. The van der Waals surface area contributed by atoms with E-state index in [1.807, 2.05) is 0 Å². The summed E-state index contributed by atoms with van der Waals surface area (Å²) in [5.41, 5.74) is 5.10. The van der Waals surface area contributed by atoms with Crippen LogP contribution in [0.4, 0.5) is 0 Å². The molecule has 0 aromatic heterocycles. The number of rotatable bonds is 4. The summed E-state index contributed by atoms with van der Waals surface area (Å²) in [6, 6.07) is 0. The van der Waals surface area contributed by atoms with E-state index in [2.05, 4.69) is 6.58 Å². The highest BCUT2D eigenvalue weighted by atomic mass is 16.1. The zero-order valence-electron chi connectivity index (χ0n) is 4.89. The van der Waals surface area contributed by atoms with Gasteiger partial charge in [0.1, 0.15) is 5.78 Å². The van der Waals surface area contributed by atoms with E-state index in [9.17, 15) is 4.79 Å². The highest BCUT2D eigenvalue weighted by Gasteiger charge is 1.93. The molecule has 0 bridgehead atoms. The second-order valence-electron chi connectivity index (χ2n) is 1.57. The molecule has 2 heteroatoms. The SMILES string of the molecule is C=CCC(=O)CCN. The first-order valence-corrected chi connectivity index (χ1v) is 2.64. The second kappa shape index (κ2) is 4.53. The van der Waals surface area contributed by atoms with Crippen molar-refractivity contribution in [1.29, 1.82) is 0 Å². The summed E-state index contributed by atoms with van der Waals surface area (Å²) in [7, 11) is 0. The number of carbonyl (C=O) groups is 1. The molecule has 2 nitrogen and oxygen atoms in total. The van der Waals surface area contributed by atoms with Crippen LogP contribution in [0.2, 0.25) is 0 Å². The van der Waals surface area contributed by atoms with Gasteiger partial charge in [-0.3, -0.25) is 4.79 Å². The van der Waals surface area contributed by atoms with E-state index in [1.54, 1.807) is 6.08 Å². The molecule has 0 aliphatic carbocycles. The van der Waals surface area contributed by atoms with E-state index in [0.29, 0.717) is 19.4 Å². The smallest absolute Gasteiger partial charge is 0.137 e. The molecule has 0 unspecified atom stereocenters. The number of carbonyl (C=O) groups excluding carboxylic acids is 1. The van der Waals surface area contributed by atoms with Crippen molar-refractivity contribution >= 4 is 5.78 Å². The zero-order chi connectivity index (χ0) is 6.41. The van der Waals surface area contributed by atoms with Gasteiger partial charge in [0.2, 0.25) is 0 Å². The molecule has 2 N–H and O–H groups in total. The first kappa shape index (κ1) is 7.37. The van der Waals surface area contributed by atoms with Crippen LogP contribution in [0.25, 0.3) is 0 Å². The van der Waals surface area contributed by atoms with Crippen LogP contribution in [-0.2, 0) is 4.79 Å². The predicted molar refractivity (Wildman–Crippen MR) is 33.5 cm³/mol. The monoisotopic (exact) mass is 113 g/mol. The molecule has 0 rings (SSSR count). The Labute approximate surface area is 49.4 Å². The first-order valence-electron chi connectivity index (χ1n) is 2.64. The van der Waals surface area contributed by atoms with Gasteiger partial charge >= 0.3 is 0 Å². The lowest BCUT2D eigenvalue weighted by Crippen LogP contribution is -2.06. The maximum atomic E-state index is 10.5. The van der Waals surface area contributed by atoms with Crippen molar-refractivity contribution in [1.82, 2.24) is 0 Å². The van der Waals surface area contributed by atoms with Crippen LogP contribution in [0.1, 0.15) is 12.8 Å². The zero-order valence-corrected chi connectivity index (χ0v) is 4.89. The fourth-order valence-electron chi connectivity index (χ4n) is 0.424. The second-order valence-corrected chi connectivity index (χ2v) is 1.57. The minimum Gasteiger partial charge on any atom is -0.330 e. The standard InChI is InChI=1S/C6H11NO/c1-2-3-6(8)4-5-7/h2H,1,3-5,7H2. The molecule has 0 radical (unpaired) electrons. The molecule has 0 amide bonds. The maximum Gasteiger partial charge on any atom is 0.137 e. The maximum absolute atomic E-state index is 10.5. The first-order chi connectivity index (χ1) is 3.81. The summed E-state index contributed by atoms with van der Waals surface area (Å²) in [6.07, 6.45) is 2.53. The molecule has 0 aromatic rings. The molecule has 0 aliphatic heterocycles. The van der Waals surface area contributed by atoms with E-state index >= 15 is 0 Å². The highest BCUT2D eigenvalue weighted by molar-refractivity contribution is 5.79. The Balaban J connectivity index is 3.18. The Morgan fingerprint density at radius 1 is 1.75 bits per heavy atom. The molecule has 46 valence electrons. The van der Waals surface area contributed by atoms with Crippen molar-refractivity contribution < 1.29 is 4.79 Å². The largest absolute Gasteiger partial charge is 0.330 e. The Bertz CT molecular complexity index is 88.5. The molecular formula is C6H11NO. The van der Waals surface area contributed by atoms with Crippen molar-refractivity contribution in [3.8, 4) is 0 Å². The lowest BCUT2D eigenvalue weighted by Gasteiger charge is -1.88. The van der Waals surface area contributed by atoms with Gasteiger partial charge in [0.15, 0.2) is 0 Å². The predicted octanol–water partition coefficient (Wildman–Crippen LogP) is 0.480. The molecule has 0 saturated carbocycles. The van der Waals surface area contributed by atoms with Gasteiger partial charge in [-0.25, -0.2) is 0 Å². The fraction of sp³-hybridized carbons (Fsp3) is 0.500. The van der Waals surface area contributed by atoms with Crippen LogP contribution in [0.5, 0.6) is 0 Å². The van der Waals surface area contributed by atoms with E-state index < -0.39 is 0 Å².